The summed E-state index contributed by atoms with van der Waals surface area (Å²) >= 11 is 2.74. The summed E-state index contributed by atoms with van der Waals surface area (Å²) in [7, 11) is 0. The molecule has 4 rings (SSSR count). The average molecular weight is 495 g/mol. The van der Waals surface area contributed by atoms with E-state index in [4.69, 9.17) is 0 Å². The summed E-state index contributed by atoms with van der Waals surface area (Å²) in [6, 6.07) is 10.2. The predicted octanol–water partition coefficient (Wildman–Crippen LogP) is 5.27. The molecule has 0 aliphatic carbocycles. The van der Waals surface area contributed by atoms with Gasteiger partial charge in [-0.1, -0.05) is 41.6 Å². The van der Waals surface area contributed by atoms with Crippen molar-refractivity contribution in [2.75, 3.05) is 17.6 Å². The Morgan fingerprint density at radius 2 is 1.74 bits per heavy atom. The average Bonchev–Trinajstić information content (AvgIpc) is 3.24. The van der Waals surface area contributed by atoms with Crippen LogP contribution in [0.2, 0.25) is 0 Å². The molecule has 2 heterocycles. The Balaban J connectivity index is 1.39. The van der Waals surface area contributed by atoms with Crippen LogP contribution in [0.3, 0.4) is 0 Å². The third-order valence-electron chi connectivity index (χ3n) is 5.22. The fourth-order valence-corrected chi connectivity index (χ4v) is 5.55. The molecule has 174 valence electrons. The largest absolute Gasteiger partial charge is 0.346 e. The molecule has 0 aliphatic rings. The van der Waals surface area contributed by atoms with Crippen molar-refractivity contribution < 1.29 is 14.0 Å². The highest BCUT2D eigenvalue weighted by atomic mass is 32.2. The van der Waals surface area contributed by atoms with Crippen LogP contribution in [-0.4, -0.2) is 34.1 Å². The number of hydrogen-bond acceptors (Lipinski definition) is 6. The van der Waals surface area contributed by atoms with Gasteiger partial charge in [0.15, 0.2) is 0 Å². The summed E-state index contributed by atoms with van der Waals surface area (Å²) in [4.78, 5) is 34.3. The number of carbonyl (C=O) groups excluding carboxylic acids is 2. The molecule has 4 aromatic rings. The van der Waals surface area contributed by atoms with Crippen LogP contribution in [0.4, 0.5) is 10.1 Å². The van der Waals surface area contributed by atoms with Gasteiger partial charge in [-0.2, -0.15) is 0 Å². The molecule has 0 radical (unpaired) electrons. The summed E-state index contributed by atoms with van der Waals surface area (Å²) in [5.41, 5.74) is 5.61. The van der Waals surface area contributed by atoms with E-state index >= 15 is 0 Å². The second-order valence-corrected chi connectivity index (χ2v) is 9.72. The lowest BCUT2D eigenvalue weighted by molar-refractivity contribution is -0.122. The molecule has 34 heavy (non-hydrogen) atoms. The first kappa shape index (κ1) is 23.8. The molecule has 6 nitrogen and oxygen atoms in total. The number of rotatable bonds is 7. The Bertz CT molecular complexity index is 1350. The fourth-order valence-electron chi connectivity index (χ4n) is 3.72. The van der Waals surface area contributed by atoms with Gasteiger partial charge in [0.25, 0.3) is 0 Å². The van der Waals surface area contributed by atoms with Crippen molar-refractivity contribution in [3.63, 3.8) is 0 Å². The number of anilines is 1. The van der Waals surface area contributed by atoms with Crippen LogP contribution in [0.1, 0.15) is 16.7 Å². The predicted molar refractivity (Wildman–Crippen MR) is 136 cm³/mol. The molecular weight excluding hydrogens is 471 g/mol. The van der Waals surface area contributed by atoms with E-state index in [0.717, 1.165) is 43.7 Å². The van der Waals surface area contributed by atoms with E-state index in [2.05, 4.69) is 20.6 Å². The number of nitrogens with one attached hydrogen (secondary N) is 2. The molecule has 2 amide bonds. The smallest absolute Gasteiger partial charge is 0.243 e. The summed E-state index contributed by atoms with van der Waals surface area (Å²) in [6.07, 6.45) is 1.47. The molecule has 2 aromatic carbocycles. The molecule has 2 aromatic heterocycles. The molecule has 0 saturated heterocycles. The maximum Gasteiger partial charge on any atom is 0.243 e. The van der Waals surface area contributed by atoms with E-state index < -0.39 is 0 Å². The van der Waals surface area contributed by atoms with Crippen LogP contribution < -0.4 is 10.6 Å². The molecule has 0 unspecified atom stereocenters. The number of halogens is 1. The van der Waals surface area contributed by atoms with Gasteiger partial charge in [-0.05, 0) is 49.6 Å². The molecule has 0 bridgehead atoms. The lowest BCUT2D eigenvalue weighted by Gasteiger charge is -2.13. The van der Waals surface area contributed by atoms with E-state index in [1.807, 2.05) is 38.3 Å². The molecule has 0 saturated carbocycles. The highest BCUT2D eigenvalue weighted by molar-refractivity contribution is 8.00. The van der Waals surface area contributed by atoms with Crippen LogP contribution in [0, 0.1) is 26.6 Å². The van der Waals surface area contributed by atoms with E-state index in [-0.39, 0.29) is 29.9 Å². The molecule has 0 aliphatic heterocycles. The number of thioether (sulfide) groups is 1. The zero-order chi connectivity index (χ0) is 24.2. The van der Waals surface area contributed by atoms with Crippen LogP contribution in [-0.2, 0) is 9.59 Å². The lowest BCUT2D eigenvalue weighted by atomic mass is 10.1. The molecule has 0 spiro atoms. The molecule has 0 fully saturated rings. The van der Waals surface area contributed by atoms with Crippen molar-refractivity contribution in [1.82, 2.24) is 15.3 Å². The minimum atomic E-state index is -0.303. The van der Waals surface area contributed by atoms with Gasteiger partial charge in [0.2, 0.25) is 11.8 Å². The third kappa shape index (κ3) is 5.43. The van der Waals surface area contributed by atoms with E-state index in [0.29, 0.717) is 5.03 Å². The van der Waals surface area contributed by atoms with Gasteiger partial charge in [0, 0.05) is 16.6 Å². The highest BCUT2D eigenvalue weighted by Crippen LogP contribution is 2.37. The number of hydrogen-bond donors (Lipinski definition) is 2. The summed E-state index contributed by atoms with van der Waals surface area (Å²) in [6.45, 7) is 5.77. The maximum atomic E-state index is 13.3. The van der Waals surface area contributed by atoms with Crippen molar-refractivity contribution in [3.05, 3.63) is 70.6 Å². The van der Waals surface area contributed by atoms with Crippen LogP contribution in [0.15, 0.2) is 53.1 Å². The number of aryl methyl sites for hydroxylation is 3. The normalized spacial score (nSPS) is 10.9. The van der Waals surface area contributed by atoms with Gasteiger partial charge in [-0.3, -0.25) is 9.59 Å². The maximum absolute atomic E-state index is 13.3. The van der Waals surface area contributed by atoms with Crippen molar-refractivity contribution in [2.45, 2.75) is 25.8 Å². The van der Waals surface area contributed by atoms with Crippen molar-refractivity contribution >= 4 is 50.8 Å². The highest BCUT2D eigenvalue weighted by Gasteiger charge is 2.16. The molecule has 2 N–H and O–H groups in total. The first-order chi connectivity index (χ1) is 16.3. The second-order valence-electron chi connectivity index (χ2n) is 7.90. The molecular formula is C25H23FN4O2S2. The zero-order valence-electron chi connectivity index (χ0n) is 18.9. The summed E-state index contributed by atoms with van der Waals surface area (Å²) in [5.74, 6) is -0.764. The number of amides is 2. The minimum Gasteiger partial charge on any atom is -0.346 e. The lowest BCUT2D eigenvalue weighted by Crippen LogP contribution is -2.34. The number of aromatic nitrogens is 2. The Morgan fingerprint density at radius 3 is 2.44 bits per heavy atom. The Kier molecular flexibility index (Phi) is 7.23. The SMILES string of the molecule is Cc1cc(C)c(NC(=O)CNC(=O)CSc2ncnc3scc(-c4ccc(F)cc4)c23)c(C)c1. The number of thiophene rings is 1. The standard InChI is InChI=1S/C25H23FN4O2S2/c1-14-8-15(2)23(16(3)9-14)30-20(31)10-27-21(32)12-34-25-22-19(11-33-24(22)28-13-29-25)17-4-6-18(26)7-5-17/h4-9,11,13H,10,12H2,1-3H3,(H,27,32)(H,30,31). The number of carbonyl (C=O) groups is 2. The van der Waals surface area contributed by atoms with E-state index in [9.17, 15) is 14.0 Å². The van der Waals surface area contributed by atoms with Gasteiger partial charge >= 0.3 is 0 Å². The third-order valence-corrected chi connectivity index (χ3v) is 7.09. The number of nitrogens with zero attached hydrogens (tertiary/aromatic N) is 2. The number of fused-ring (bicyclic) bond motifs is 1. The van der Waals surface area contributed by atoms with Crippen LogP contribution in [0.25, 0.3) is 21.3 Å². The number of benzene rings is 2. The van der Waals surface area contributed by atoms with Crippen molar-refractivity contribution in [1.29, 1.82) is 0 Å². The van der Waals surface area contributed by atoms with Gasteiger partial charge in [-0.25, -0.2) is 14.4 Å². The first-order valence-corrected chi connectivity index (χ1v) is 12.4. The molecule has 9 heteroatoms. The summed E-state index contributed by atoms with van der Waals surface area (Å²) < 4.78 is 13.3. The topological polar surface area (TPSA) is 84.0 Å². The van der Waals surface area contributed by atoms with Crippen LogP contribution in [0.5, 0.6) is 0 Å². The first-order valence-electron chi connectivity index (χ1n) is 10.6. The van der Waals surface area contributed by atoms with Crippen molar-refractivity contribution in [3.8, 4) is 11.1 Å². The Labute approximate surface area is 205 Å². The second kappa shape index (κ2) is 10.3. The van der Waals surface area contributed by atoms with Crippen LogP contribution >= 0.6 is 23.1 Å². The summed E-state index contributed by atoms with van der Waals surface area (Å²) in [5, 5.41) is 8.99. The fraction of sp³-hybridized carbons (Fsp3) is 0.200. The zero-order valence-corrected chi connectivity index (χ0v) is 20.6. The van der Waals surface area contributed by atoms with Gasteiger partial charge in [-0.15, -0.1) is 11.3 Å². The van der Waals surface area contributed by atoms with E-state index in [1.165, 1.54) is 41.6 Å². The van der Waals surface area contributed by atoms with Gasteiger partial charge in [0.05, 0.1) is 17.7 Å². The quantitative estimate of drug-likeness (QED) is 0.270. The van der Waals surface area contributed by atoms with Gasteiger partial charge < -0.3 is 10.6 Å². The van der Waals surface area contributed by atoms with E-state index in [1.54, 1.807) is 12.1 Å². The molecule has 0 atom stereocenters. The minimum absolute atomic E-state index is 0.0979. The Hall–Kier alpha value is -3.30. The van der Waals surface area contributed by atoms with Gasteiger partial charge in [0.1, 0.15) is 22.0 Å². The Morgan fingerprint density at radius 1 is 1.03 bits per heavy atom. The monoisotopic (exact) mass is 494 g/mol. The van der Waals surface area contributed by atoms with Crippen molar-refractivity contribution in [2.24, 2.45) is 0 Å².